The third-order valence-electron chi connectivity index (χ3n) is 4.55. The van der Waals surface area contributed by atoms with Crippen LogP contribution < -0.4 is 11.1 Å². The van der Waals surface area contributed by atoms with E-state index < -0.39 is 0 Å². The molecule has 0 radical (unpaired) electrons. The predicted octanol–water partition coefficient (Wildman–Crippen LogP) is 5.10. The zero-order valence-electron chi connectivity index (χ0n) is 13.7. The van der Waals surface area contributed by atoms with E-state index in [9.17, 15) is 0 Å². The van der Waals surface area contributed by atoms with Gasteiger partial charge in [0, 0.05) is 16.1 Å². The van der Waals surface area contributed by atoms with Crippen LogP contribution in [0.5, 0.6) is 0 Å². The number of nitrogens with one attached hydrogen (secondary N) is 1. The third kappa shape index (κ3) is 3.39. The Hall–Kier alpha value is -2.34. The predicted molar refractivity (Wildman–Crippen MR) is 103 cm³/mol. The molecule has 0 spiro atoms. The van der Waals surface area contributed by atoms with Crippen LogP contribution in [0.4, 0.5) is 11.4 Å². The highest BCUT2D eigenvalue weighted by atomic mass is 79.9. The lowest BCUT2D eigenvalue weighted by Gasteiger charge is -2.15. The van der Waals surface area contributed by atoms with Crippen LogP contribution in [0.2, 0.25) is 0 Å². The van der Waals surface area contributed by atoms with Gasteiger partial charge in [-0.3, -0.25) is 0 Å². The molecule has 4 rings (SSSR count). The van der Waals surface area contributed by atoms with Crippen LogP contribution in [0.25, 0.3) is 22.8 Å². The summed E-state index contributed by atoms with van der Waals surface area (Å²) < 4.78 is 6.33. The summed E-state index contributed by atoms with van der Waals surface area (Å²) >= 11 is 3.51. The van der Waals surface area contributed by atoms with Crippen LogP contribution in [-0.2, 0) is 0 Å². The van der Waals surface area contributed by atoms with Crippen molar-refractivity contribution in [1.82, 2.24) is 10.1 Å². The number of nitrogens with two attached hydrogens (primary N) is 1. The minimum atomic E-state index is 0.481. The first-order valence-electron chi connectivity index (χ1n) is 8.46. The molecule has 5 nitrogen and oxygen atoms in total. The Labute approximate surface area is 154 Å². The summed E-state index contributed by atoms with van der Waals surface area (Å²) in [5.41, 5.74) is 9.62. The van der Waals surface area contributed by atoms with Gasteiger partial charge in [0.25, 0.3) is 5.89 Å². The van der Waals surface area contributed by atoms with Crippen LogP contribution >= 0.6 is 15.9 Å². The zero-order chi connectivity index (χ0) is 17.2. The average Bonchev–Trinajstić information content (AvgIpc) is 3.29. The molecule has 128 valence electrons. The number of hydrogen-bond acceptors (Lipinski definition) is 5. The largest absolute Gasteiger partial charge is 0.397 e. The molecule has 1 aromatic heterocycles. The molecule has 0 unspecified atom stereocenters. The summed E-state index contributed by atoms with van der Waals surface area (Å²) in [6.07, 6.45) is 5.00. The quantitative estimate of drug-likeness (QED) is 0.597. The van der Waals surface area contributed by atoms with Gasteiger partial charge in [-0.15, -0.1) is 0 Å². The number of nitrogens with zero attached hydrogens (tertiary/aromatic N) is 2. The lowest BCUT2D eigenvalue weighted by atomic mass is 10.1. The van der Waals surface area contributed by atoms with E-state index in [2.05, 4.69) is 31.4 Å². The Balaban J connectivity index is 1.58. The molecule has 1 aliphatic carbocycles. The Kier molecular flexibility index (Phi) is 4.44. The van der Waals surface area contributed by atoms with Gasteiger partial charge in [0.1, 0.15) is 0 Å². The van der Waals surface area contributed by atoms with E-state index in [1.54, 1.807) is 0 Å². The first-order valence-corrected chi connectivity index (χ1v) is 9.25. The van der Waals surface area contributed by atoms with Crippen molar-refractivity contribution >= 4 is 27.3 Å². The van der Waals surface area contributed by atoms with Crippen molar-refractivity contribution in [3.63, 3.8) is 0 Å². The maximum atomic E-state index is 6.22. The molecule has 1 heterocycles. The van der Waals surface area contributed by atoms with Gasteiger partial charge in [0.2, 0.25) is 5.82 Å². The number of rotatable bonds is 4. The maximum absolute atomic E-state index is 6.22. The Bertz CT molecular complexity index is 887. The first kappa shape index (κ1) is 16.1. The molecule has 3 N–H and O–H groups in total. The fourth-order valence-electron chi connectivity index (χ4n) is 3.21. The average molecular weight is 399 g/mol. The number of hydrogen-bond donors (Lipinski definition) is 2. The van der Waals surface area contributed by atoms with Crippen LogP contribution in [-0.4, -0.2) is 16.2 Å². The molecule has 1 fully saturated rings. The van der Waals surface area contributed by atoms with Crippen molar-refractivity contribution in [2.24, 2.45) is 0 Å². The molecule has 0 atom stereocenters. The van der Waals surface area contributed by atoms with Crippen molar-refractivity contribution in [2.75, 3.05) is 11.1 Å². The summed E-state index contributed by atoms with van der Waals surface area (Å²) in [6, 6.07) is 14.2. The zero-order valence-corrected chi connectivity index (χ0v) is 15.3. The Morgan fingerprint density at radius 3 is 2.68 bits per heavy atom. The van der Waals surface area contributed by atoms with Crippen LogP contribution in [0.1, 0.15) is 25.7 Å². The van der Waals surface area contributed by atoms with E-state index in [-0.39, 0.29) is 0 Å². The summed E-state index contributed by atoms with van der Waals surface area (Å²) in [6.45, 7) is 0. The second-order valence-electron chi connectivity index (χ2n) is 6.33. The standard InChI is InChI=1S/C19H19BrN4O/c20-15-8-4-3-7-14(15)19-23-18(24-25-19)12-9-10-17(16(21)11-12)22-13-5-1-2-6-13/h3-4,7-11,13,22H,1-2,5-6,21H2. The molecule has 1 aliphatic rings. The summed E-state index contributed by atoms with van der Waals surface area (Å²) in [5, 5.41) is 7.63. The lowest BCUT2D eigenvalue weighted by molar-refractivity contribution is 0.432. The monoisotopic (exact) mass is 398 g/mol. The highest BCUT2D eigenvalue weighted by Crippen LogP contribution is 2.31. The highest BCUT2D eigenvalue weighted by Gasteiger charge is 2.17. The molecule has 25 heavy (non-hydrogen) atoms. The number of anilines is 2. The highest BCUT2D eigenvalue weighted by molar-refractivity contribution is 9.10. The first-order chi connectivity index (χ1) is 12.2. The van der Waals surface area contributed by atoms with E-state index in [0.29, 0.717) is 23.4 Å². The maximum Gasteiger partial charge on any atom is 0.259 e. The number of halogens is 1. The lowest BCUT2D eigenvalue weighted by Crippen LogP contribution is -2.15. The number of aromatic nitrogens is 2. The van der Waals surface area contributed by atoms with Gasteiger partial charge in [0.15, 0.2) is 0 Å². The number of nitrogen functional groups attached to an aromatic ring is 1. The van der Waals surface area contributed by atoms with Crippen LogP contribution in [0.3, 0.4) is 0 Å². The summed E-state index contributed by atoms with van der Waals surface area (Å²) in [5.74, 6) is 1.01. The molecular weight excluding hydrogens is 380 g/mol. The van der Waals surface area contributed by atoms with E-state index in [4.69, 9.17) is 10.3 Å². The third-order valence-corrected chi connectivity index (χ3v) is 5.25. The summed E-state index contributed by atoms with van der Waals surface area (Å²) in [7, 11) is 0. The normalized spacial score (nSPS) is 14.8. The van der Waals surface area contributed by atoms with E-state index in [0.717, 1.165) is 21.3 Å². The van der Waals surface area contributed by atoms with Gasteiger partial charge >= 0.3 is 0 Å². The van der Waals surface area contributed by atoms with Crippen molar-refractivity contribution in [3.05, 3.63) is 46.9 Å². The Morgan fingerprint density at radius 1 is 1.12 bits per heavy atom. The molecule has 0 saturated heterocycles. The van der Waals surface area contributed by atoms with Crippen LogP contribution in [0, 0.1) is 0 Å². The van der Waals surface area contributed by atoms with Crippen LogP contribution in [0.15, 0.2) is 51.5 Å². The molecule has 1 saturated carbocycles. The Morgan fingerprint density at radius 2 is 1.92 bits per heavy atom. The number of benzene rings is 2. The van der Waals surface area contributed by atoms with Crippen molar-refractivity contribution in [2.45, 2.75) is 31.7 Å². The SMILES string of the molecule is Nc1cc(-c2noc(-c3ccccc3Br)n2)ccc1NC1CCCC1. The fourth-order valence-corrected chi connectivity index (χ4v) is 3.66. The smallest absolute Gasteiger partial charge is 0.259 e. The van der Waals surface area contributed by atoms with Gasteiger partial charge in [-0.25, -0.2) is 0 Å². The molecule has 0 bridgehead atoms. The topological polar surface area (TPSA) is 77.0 Å². The van der Waals surface area contributed by atoms with Gasteiger partial charge < -0.3 is 15.6 Å². The molecule has 0 amide bonds. The van der Waals surface area contributed by atoms with E-state index in [1.807, 2.05) is 42.5 Å². The van der Waals surface area contributed by atoms with Gasteiger partial charge in [-0.1, -0.05) is 30.1 Å². The minimum Gasteiger partial charge on any atom is -0.397 e. The fraction of sp³-hybridized carbons (Fsp3) is 0.263. The molecule has 3 aromatic rings. The molecular formula is C19H19BrN4O. The van der Waals surface area contributed by atoms with Crippen molar-refractivity contribution in [1.29, 1.82) is 0 Å². The minimum absolute atomic E-state index is 0.481. The van der Waals surface area contributed by atoms with E-state index in [1.165, 1.54) is 25.7 Å². The van der Waals surface area contributed by atoms with Gasteiger partial charge in [-0.2, -0.15) is 4.98 Å². The molecule has 6 heteroatoms. The van der Waals surface area contributed by atoms with Crippen molar-refractivity contribution < 1.29 is 4.52 Å². The van der Waals surface area contributed by atoms with Crippen molar-refractivity contribution in [3.8, 4) is 22.8 Å². The second kappa shape index (κ2) is 6.88. The van der Waals surface area contributed by atoms with E-state index >= 15 is 0 Å². The second-order valence-corrected chi connectivity index (χ2v) is 7.19. The summed E-state index contributed by atoms with van der Waals surface area (Å²) in [4.78, 5) is 4.50. The van der Waals surface area contributed by atoms with Gasteiger partial charge in [0.05, 0.1) is 16.9 Å². The molecule has 2 aromatic carbocycles. The van der Waals surface area contributed by atoms with Gasteiger partial charge in [-0.05, 0) is 59.1 Å². The molecule has 0 aliphatic heterocycles.